The molecule has 1 saturated carbocycles. The van der Waals surface area contributed by atoms with Crippen LogP contribution >= 0.6 is 0 Å². The highest BCUT2D eigenvalue weighted by Crippen LogP contribution is 2.34. The Labute approximate surface area is 214 Å². The number of rotatable bonds is 6. The summed E-state index contributed by atoms with van der Waals surface area (Å²) < 4.78 is 2.00. The predicted octanol–water partition coefficient (Wildman–Crippen LogP) is 5.04. The zero-order chi connectivity index (χ0) is 24.6. The van der Waals surface area contributed by atoms with Gasteiger partial charge in [-0.15, -0.1) is 0 Å². The van der Waals surface area contributed by atoms with E-state index in [0.29, 0.717) is 23.8 Å². The van der Waals surface area contributed by atoms with Gasteiger partial charge in [0.15, 0.2) is 0 Å². The van der Waals surface area contributed by atoms with Gasteiger partial charge in [-0.05, 0) is 81.3 Å². The lowest BCUT2D eigenvalue weighted by Crippen LogP contribution is -2.49. The smallest absolute Gasteiger partial charge is 0.225 e. The zero-order valence-electron chi connectivity index (χ0n) is 21.8. The number of hydrogen-bond acceptors (Lipinski definition) is 4. The van der Waals surface area contributed by atoms with Crippen molar-refractivity contribution in [3.8, 4) is 11.1 Å². The van der Waals surface area contributed by atoms with Crippen LogP contribution < -0.4 is 4.90 Å². The Balaban J connectivity index is 1.15. The molecule has 0 N–H and O–H groups in total. The zero-order valence-corrected chi connectivity index (χ0v) is 21.8. The highest BCUT2D eigenvalue weighted by molar-refractivity contribution is 5.82. The molecule has 6 rings (SSSR count). The molecule has 4 heterocycles. The van der Waals surface area contributed by atoms with Gasteiger partial charge in [0.25, 0.3) is 0 Å². The van der Waals surface area contributed by atoms with Crippen molar-refractivity contribution >= 4 is 17.1 Å². The molecule has 1 aromatic carbocycles. The van der Waals surface area contributed by atoms with Gasteiger partial charge in [-0.3, -0.25) is 4.79 Å². The lowest BCUT2D eigenvalue weighted by Gasteiger charge is -2.36. The average molecular weight is 486 g/mol. The maximum Gasteiger partial charge on any atom is 0.225 e. The summed E-state index contributed by atoms with van der Waals surface area (Å²) in [4.78, 5) is 19.6. The Morgan fingerprint density at radius 1 is 0.944 bits per heavy atom. The molecule has 1 amide bonds. The van der Waals surface area contributed by atoms with E-state index in [9.17, 15) is 4.79 Å². The second kappa shape index (κ2) is 9.89. The number of fused-ring (bicyclic) bond motifs is 1. The second-order valence-electron chi connectivity index (χ2n) is 11.1. The van der Waals surface area contributed by atoms with Gasteiger partial charge < -0.3 is 14.7 Å². The standard InChI is InChI=1S/C30H39N5O/c1-3-22(2)32-14-11-25(12-15-32)23-4-6-24(7-5-23)27-20-29-28(10-13-31-35(29)21-27)33-16-18-34(19-17-33)30(36)26-8-9-26/h4-7,10,13,20-22,25-26H,3,8-9,11-12,14-19H2,1-2H3/t22-/m1/s1. The molecular formula is C30H39N5O. The van der Waals surface area contributed by atoms with Crippen molar-refractivity contribution in [2.45, 2.75) is 57.9 Å². The molecule has 36 heavy (non-hydrogen) atoms. The number of likely N-dealkylation sites (tertiary alicyclic amines) is 1. The van der Waals surface area contributed by atoms with Crippen molar-refractivity contribution in [1.82, 2.24) is 19.4 Å². The van der Waals surface area contributed by atoms with E-state index in [0.717, 1.165) is 44.5 Å². The van der Waals surface area contributed by atoms with Crippen LogP contribution in [0.1, 0.15) is 57.4 Å². The fourth-order valence-corrected chi connectivity index (χ4v) is 6.06. The number of aromatic nitrogens is 2. The Hall–Kier alpha value is -2.86. The monoisotopic (exact) mass is 485 g/mol. The van der Waals surface area contributed by atoms with Crippen molar-refractivity contribution < 1.29 is 4.79 Å². The van der Waals surface area contributed by atoms with Gasteiger partial charge in [-0.25, -0.2) is 4.52 Å². The molecule has 3 aromatic rings. The number of piperidine rings is 1. The van der Waals surface area contributed by atoms with E-state index < -0.39 is 0 Å². The van der Waals surface area contributed by atoms with Gasteiger partial charge in [-0.1, -0.05) is 31.2 Å². The number of carbonyl (C=O) groups is 1. The van der Waals surface area contributed by atoms with Crippen LogP contribution in [0.2, 0.25) is 0 Å². The molecular weight excluding hydrogens is 446 g/mol. The first-order valence-corrected chi connectivity index (χ1v) is 14.0. The van der Waals surface area contributed by atoms with Crippen LogP contribution in [-0.2, 0) is 4.79 Å². The molecule has 1 atom stereocenters. The highest BCUT2D eigenvalue weighted by atomic mass is 16.2. The largest absolute Gasteiger partial charge is 0.366 e. The van der Waals surface area contributed by atoms with Gasteiger partial charge in [0.1, 0.15) is 0 Å². The molecule has 0 spiro atoms. The summed E-state index contributed by atoms with van der Waals surface area (Å²) >= 11 is 0. The van der Waals surface area contributed by atoms with Crippen molar-refractivity contribution in [2.24, 2.45) is 5.92 Å². The van der Waals surface area contributed by atoms with E-state index in [1.165, 1.54) is 54.7 Å². The van der Waals surface area contributed by atoms with Gasteiger partial charge in [0.05, 0.1) is 11.2 Å². The van der Waals surface area contributed by atoms with E-state index in [1.54, 1.807) is 0 Å². The summed E-state index contributed by atoms with van der Waals surface area (Å²) in [5.41, 5.74) is 6.27. The molecule has 6 nitrogen and oxygen atoms in total. The summed E-state index contributed by atoms with van der Waals surface area (Å²) in [5, 5.41) is 4.60. The Morgan fingerprint density at radius 2 is 1.67 bits per heavy atom. The van der Waals surface area contributed by atoms with Crippen molar-refractivity contribution in [3.63, 3.8) is 0 Å². The quantitative estimate of drug-likeness (QED) is 0.491. The number of hydrogen-bond donors (Lipinski definition) is 0. The molecule has 0 bridgehead atoms. The SMILES string of the molecule is CC[C@@H](C)N1CCC(c2ccc(-c3cc4c(N5CCN(C(=O)C6CC6)CC5)ccnn4c3)cc2)CC1. The number of nitrogens with zero attached hydrogens (tertiary/aromatic N) is 5. The third-order valence-corrected chi connectivity index (χ3v) is 8.80. The molecule has 3 aliphatic rings. The second-order valence-corrected chi connectivity index (χ2v) is 11.1. The first-order valence-electron chi connectivity index (χ1n) is 14.0. The van der Waals surface area contributed by atoms with Crippen LogP contribution in [0.5, 0.6) is 0 Å². The molecule has 2 aliphatic heterocycles. The van der Waals surface area contributed by atoms with Gasteiger partial charge in [-0.2, -0.15) is 5.10 Å². The number of anilines is 1. The molecule has 2 aromatic heterocycles. The number of piperazine rings is 1. The minimum atomic E-state index is 0.307. The normalized spacial score (nSPS) is 20.7. The van der Waals surface area contributed by atoms with Crippen LogP contribution in [0.3, 0.4) is 0 Å². The van der Waals surface area contributed by atoms with Crippen LogP contribution in [-0.4, -0.2) is 70.6 Å². The first kappa shape index (κ1) is 23.5. The average Bonchev–Trinajstić information content (AvgIpc) is 3.70. The topological polar surface area (TPSA) is 44.1 Å². The van der Waals surface area contributed by atoms with E-state index in [-0.39, 0.29) is 0 Å². The fourth-order valence-electron chi connectivity index (χ4n) is 6.06. The number of amides is 1. The first-order chi connectivity index (χ1) is 17.6. The van der Waals surface area contributed by atoms with Crippen LogP contribution in [0, 0.1) is 5.92 Å². The maximum absolute atomic E-state index is 12.4. The summed E-state index contributed by atoms with van der Waals surface area (Å²) in [6.07, 6.45) is 9.94. The lowest BCUT2D eigenvalue weighted by molar-refractivity contribution is -0.132. The Bertz CT molecular complexity index is 1200. The van der Waals surface area contributed by atoms with E-state index >= 15 is 0 Å². The minimum Gasteiger partial charge on any atom is -0.366 e. The van der Waals surface area contributed by atoms with Crippen molar-refractivity contribution in [2.75, 3.05) is 44.2 Å². The van der Waals surface area contributed by atoms with Crippen molar-refractivity contribution in [1.29, 1.82) is 0 Å². The minimum absolute atomic E-state index is 0.307. The molecule has 0 radical (unpaired) electrons. The molecule has 6 heteroatoms. The Kier molecular flexibility index (Phi) is 6.46. The maximum atomic E-state index is 12.4. The molecule has 0 unspecified atom stereocenters. The van der Waals surface area contributed by atoms with Gasteiger partial charge in [0.2, 0.25) is 5.91 Å². The summed E-state index contributed by atoms with van der Waals surface area (Å²) in [6.45, 7) is 10.5. The van der Waals surface area contributed by atoms with E-state index in [2.05, 4.69) is 76.2 Å². The third kappa shape index (κ3) is 4.63. The third-order valence-electron chi connectivity index (χ3n) is 8.80. The fraction of sp³-hybridized carbons (Fsp3) is 0.533. The van der Waals surface area contributed by atoms with Crippen LogP contribution in [0.15, 0.2) is 48.8 Å². The lowest BCUT2D eigenvalue weighted by atomic mass is 9.88. The summed E-state index contributed by atoms with van der Waals surface area (Å²) in [5.74, 6) is 1.34. The number of benzene rings is 1. The summed E-state index contributed by atoms with van der Waals surface area (Å²) in [6, 6.07) is 14.3. The molecule has 3 fully saturated rings. The predicted molar refractivity (Wildman–Crippen MR) is 145 cm³/mol. The van der Waals surface area contributed by atoms with Gasteiger partial charge in [0, 0.05) is 56.1 Å². The van der Waals surface area contributed by atoms with Crippen LogP contribution in [0.25, 0.3) is 16.6 Å². The highest BCUT2D eigenvalue weighted by Gasteiger charge is 2.34. The van der Waals surface area contributed by atoms with Crippen LogP contribution in [0.4, 0.5) is 5.69 Å². The van der Waals surface area contributed by atoms with E-state index in [1.807, 2.05) is 10.7 Å². The van der Waals surface area contributed by atoms with E-state index in [4.69, 9.17) is 0 Å². The Morgan fingerprint density at radius 3 is 2.33 bits per heavy atom. The molecule has 1 aliphatic carbocycles. The van der Waals surface area contributed by atoms with Gasteiger partial charge >= 0.3 is 0 Å². The summed E-state index contributed by atoms with van der Waals surface area (Å²) in [7, 11) is 0. The molecule has 2 saturated heterocycles. The number of carbonyl (C=O) groups excluding carboxylic acids is 1. The molecule has 190 valence electrons. The van der Waals surface area contributed by atoms with Crippen molar-refractivity contribution in [3.05, 3.63) is 54.4 Å².